The summed E-state index contributed by atoms with van der Waals surface area (Å²) in [6.45, 7) is 2.31. The summed E-state index contributed by atoms with van der Waals surface area (Å²) in [7, 11) is 0. The number of aromatic nitrogens is 1. The second-order valence-electron chi connectivity index (χ2n) is 3.40. The van der Waals surface area contributed by atoms with E-state index in [1.165, 1.54) is 11.3 Å². The predicted octanol–water partition coefficient (Wildman–Crippen LogP) is 0.676. The highest BCUT2D eigenvalue weighted by Crippen LogP contribution is 2.10. The van der Waals surface area contributed by atoms with Crippen LogP contribution < -0.4 is 11.1 Å². The van der Waals surface area contributed by atoms with Crippen LogP contribution in [0.15, 0.2) is 5.38 Å². The van der Waals surface area contributed by atoms with Crippen molar-refractivity contribution < 1.29 is 4.79 Å². The Bertz CT molecular complexity index is 396. The number of nitrogens with one attached hydrogen (secondary N) is 1. The molecule has 0 saturated carbocycles. The summed E-state index contributed by atoms with van der Waals surface area (Å²) in [6.07, 6.45) is 0.983. The Kier molecular flexibility index (Phi) is 4.89. The van der Waals surface area contributed by atoms with Crippen molar-refractivity contribution in [2.45, 2.75) is 25.8 Å². The van der Waals surface area contributed by atoms with E-state index in [1.54, 1.807) is 12.3 Å². The van der Waals surface area contributed by atoms with Crippen LogP contribution in [-0.2, 0) is 6.42 Å². The zero-order valence-corrected chi connectivity index (χ0v) is 9.88. The van der Waals surface area contributed by atoms with Crippen molar-refractivity contribution in [3.8, 4) is 6.07 Å². The zero-order valence-electron chi connectivity index (χ0n) is 9.06. The van der Waals surface area contributed by atoms with E-state index in [-0.39, 0.29) is 11.9 Å². The van der Waals surface area contributed by atoms with Gasteiger partial charge in [0.15, 0.2) is 0 Å². The summed E-state index contributed by atoms with van der Waals surface area (Å²) < 4.78 is 0. The lowest BCUT2D eigenvalue weighted by molar-refractivity contribution is 0.0936. The van der Waals surface area contributed by atoms with E-state index in [2.05, 4.69) is 10.3 Å². The van der Waals surface area contributed by atoms with E-state index in [4.69, 9.17) is 11.0 Å². The molecule has 1 amide bonds. The standard InChI is InChI=1S/C10H14N4OS/c1-7(2-4-11)13-10(15)8-6-16-9(14-8)3-5-12/h6-7H,2-3,5,12H2,1H3,(H,13,15). The maximum Gasteiger partial charge on any atom is 0.270 e. The molecule has 1 heterocycles. The summed E-state index contributed by atoms with van der Waals surface area (Å²) in [6, 6.07) is 1.85. The Labute approximate surface area is 98.3 Å². The SMILES string of the molecule is CC(CC#N)NC(=O)c1csc(CCN)n1. The third-order valence-electron chi connectivity index (χ3n) is 1.92. The second-order valence-corrected chi connectivity index (χ2v) is 4.34. The van der Waals surface area contributed by atoms with E-state index < -0.39 is 0 Å². The largest absolute Gasteiger partial charge is 0.347 e. The molecule has 1 unspecified atom stereocenters. The number of amides is 1. The number of carbonyl (C=O) groups excluding carboxylic acids is 1. The molecule has 3 N–H and O–H groups in total. The van der Waals surface area contributed by atoms with E-state index in [9.17, 15) is 4.79 Å². The van der Waals surface area contributed by atoms with Gasteiger partial charge in [0.25, 0.3) is 5.91 Å². The number of nitrogens with zero attached hydrogens (tertiary/aromatic N) is 2. The summed E-state index contributed by atoms with van der Waals surface area (Å²) >= 11 is 1.43. The van der Waals surface area contributed by atoms with Gasteiger partial charge in [-0.1, -0.05) is 0 Å². The molecule has 0 fully saturated rings. The highest BCUT2D eigenvalue weighted by Gasteiger charge is 2.12. The van der Waals surface area contributed by atoms with Gasteiger partial charge in [-0.2, -0.15) is 5.26 Å². The zero-order chi connectivity index (χ0) is 12.0. The molecular weight excluding hydrogens is 224 g/mol. The average Bonchev–Trinajstić information content (AvgIpc) is 2.67. The summed E-state index contributed by atoms with van der Waals surface area (Å²) in [5, 5.41) is 13.7. The number of thiazole rings is 1. The Morgan fingerprint density at radius 1 is 1.81 bits per heavy atom. The van der Waals surface area contributed by atoms with Crippen LogP contribution in [0, 0.1) is 11.3 Å². The first kappa shape index (κ1) is 12.6. The summed E-state index contributed by atoms with van der Waals surface area (Å²) in [4.78, 5) is 15.8. The van der Waals surface area contributed by atoms with E-state index in [0.717, 1.165) is 5.01 Å². The minimum atomic E-state index is -0.234. The predicted molar refractivity (Wildman–Crippen MR) is 62.0 cm³/mol. The first-order chi connectivity index (χ1) is 7.67. The lowest BCUT2D eigenvalue weighted by atomic mass is 10.2. The summed E-state index contributed by atoms with van der Waals surface area (Å²) in [5.41, 5.74) is 5.80. The minimum Gasteiger partial charge on any atom is -0.347 e. The maximum atomic E-state index is 11.6. The number of nitriles is 1. The van der Waals surface area contributed by atoms with Crippen LogP contribution in [0.1, 0.15) is 28.8 Å². The molecule has 0 spiro atoms. The lowest BCUT2D eigenvalue weighted by Gasteiger charge is -2.07. The number of rotatable bonds is 5. The molecule has 1 rings (SSSR count). The van der Waals surface area contributed by atoms with Crippen molar-refractivity contribution in [2.24, 2.45) is 5.73 Å². The van der Waals surface area contributed by atoms with Crippen LogP contribution >= 0.6 is 11.3 Å². The number of hydrogen-bond acceptors (Lipinski definition) is 5. The Hall–Kier alpha value is -1.45. The topological polar surface area (TPSA) is 91.8 Å². The van der Waals surface area contributed by atoms with Crippen LogP contribution in [0.2, 0.25) is 0 Å². The number of hydrogen-bond donors (Lipinski definition) is 2. The van der Waals surface area contributed by atoms with Gasteiger partial charge < -0.3 is 11.1 Å². The van der Waals surface area contributed by atoms with Crippen molar-refractivity contribution in [1.82, 2.24) is 10.3 Å². The third-order valence-corrected chi connectivity index (χ3v) is 2.83. The van der Waals surface area contributed by atoms with Crippen LogP contribution in [-0.4, -0.2) is 23.5 Å². The minimum absolute atomic E-state index is 0.155. The molecule has 0 aromatic carbocycles. The van der Waals surface area contributed by atoms with Gasteiger partial charge in [-0.3, -0.25) is 4.79 Å². The van der Waals surface area contributed by atoms with E-state index in [0.29, 0.717) is 25.1 Å². The quantitative estimate of drug-likeness (QED) is 0.789. The molecule has 0 aliphatic carbocycles. The van der Waals surface area contributed by atoms with Gasteiger partial charge in [-0.15, -0.1) is 11.3 Å². The van der Waals surface area contributed by atoms with Crippen molar-refractivity contribution in [1.29, 1.82) is 5.26 Å². The number of carbonyl (C=O) groups is 1. The van der Waals surface area contributed by atoms with Crippen LogP contribution in [0.4, 0.5) is 0 Å². The molecule has 0 aliphatic rings. The van der Waals surface area contributed by atoms with Crippen LogP contribution in [0.25, 0.3) is 0 Å². The highest BCUT2D eigenvalue weighted by molar-refractivity contribution is 7.09. The fourth-order valence-electron chi connectivity index (χ4n) is 1.14. The highest BCUT2D eigenvalue weighted by atomic mass is 32.1. The Morgan fingerprint density at radius 3 is 3.19 bits per heavy atom. The van der Waals surface area contributed by atoms with Crippen molar-refractivity contribution in [3.63, 3.8) is 0 Å². The van der Waals surface area contributed by atoms with Gasteiger partial charge in [0.05, 0.1) is 17.5 Å². The number of nitrogens with two attached hydrogens (primary N) is 1. The molecule has 16 heavy (non-hydrogen) atoms. The molecule has 86 valence electrons. The molecule has 0 aliphatic heterocycles. The summed E-state index contributed by atoms with van der Waals surface area (Å²) in [5.74, 6) is -0.234. The van der Waals surface area contributed by atoms with Gasteiger partial charge in [-0.25, -0.2) is 4.98 Å². The van der Waals surface area contributed by atoms with Gasteiger partial charge in [0, 0.05) is 17.8 Å². The Balaban J connectivity index is 2.56. The molecular formula is C10H14N4OS. The second kappa shape index (κ2) is 6.20. The first-order valence-electron chi connectivity index (χ1n) is 4.99. The normalized spacial score (nSPS) is 11.8. The molecule has 0 bridgehead atoms. The molecule has 0 radical (unpaired) electrons. The first-order valence-corrected chi connectivity index (χ1v) is 5.87. The van der Waals surface area contributed by atoms with Crippen molar-refractivity contribution >= 4 is 17.2 Å². The average molecular weight is 238 g/mol. The van der Waals surface area contributed by atoms with Gasteiger partial charge in [-0.05, 0) is 13.5 Å². The molecule has 1 aromatic heterocycles. The molecule has 6 heteroatoms. The van der Waals surface area contributed by atoms with Crippen LogP contribution in [0.3, 0.4) is 0 Å². The molecule has 1 aromatic rings. The smallest absolute Gasteiger partial charge is 0.270 e. The fourth-order valence-corrected chi connectivity index (χ4v) is 1.93. The lowest BCUT2D eigenvalue weighted by Crippen LogP contribution is -2.32. The van der Waals surface area contributed by atoms with Crippen molar-refractivity contribution in [2.75, 3.05) is 6.54 Å². The van der Waals surface area contributed by atoms with Gasteiger partial charge in [0.1, 0.15) is 5.69 Å². The van der Waals surface area contributed by atoms with E-state index >= 15 is 0 Å². The van der Waals surface area contributed by atoms with Crippen molar-refractivity contribution in [3.05, 3.63) is 16.1 Å². The monoisotopic (exact) mass is 238 g/mol. The van der Waals surface area contributed by atoms with E-state index in [1.807, 2.05) is 6.07 Å². The molecule has 5 nitrogen and oxygen atoms in total. The third kappa shape index (κ3) is 3.61. The molecule has 1 atom stereocenters. The van der Waals surface area contributed by atoms with Gasteiger partial charge in [0.2, 0.25) is 0 Å². The molecule has 0 saturated heterocycles. The van der Waals surface area contributed by atoms with Gasteiger partial charge >= 0.3 is 0 Å². The van der Waals surface area contributed by atoms with Crippen LogP contribution in [0.5, 0.6) is 0 Å². The maximum absolute atomic E-state index is 11.6. The fraction of sp³-hybridized carbons (Fsp3) is 0.500. The Morgan fingerprint density at radius 2 is 2.56 bits per heavy atom.